The van der Waals surface area contributed by atoms with Crippen molar-refractivity contribution in [3.05, 3.63) is 66.3 Å². The van der Waals surface area contributed by atoms with Gasteiger partial charge in [0.05, 0.1) is 66.9 Å². The number of imidazole rings is 2. The third kappa shape index (κ3) is 7.41. The molecule has 17 heteroatoms. The summed E-state index contributed by atoms with van der Waals surface area (Å²) < 4.78 is 33.9. The summed E-state index contributed by atoms with van der Waals surface area (Å²) in [7, 11) is 2.54. The van der Waals surface area contributed by atoms with Crippen LogP contribution in [0, 0.1) is 17.7 Å². The van der Waals surface area contributed by atoms with Gasteiger partial charge in [0, 0.05) is 29.6 Å². The van der Waals surface area contributed by atoms with Crippen molar-refractivity contribution in [1.82, 2.24) is 44.9 Å². The lowest BCUT2D eigenvalue weighted by Crippen LogP contribution is -2.51. The fourth-order valence-electron chi connectivity index (χ4n) is 8.71. The SMILES string of the molecule is COC(=O)N[C@H](C(=O)N1CCC[C@H]1c1ncc(-c2cc(F)c3c(c2)OCn2c-3cc3cc(-c4cnc([C@@H]5CCCN5C(=O)[C@@H](NC(=O)OC)C(C)C)[nH]4)ccc32)[nH]1)C(C)C. The number of nitrogens with one attached hydrogen (secondary N) is 4. The van der Waals surface area contributed by atoms with E-state index in [-0.39, 0.29) is 42.5 Å². The number of alkyl carbamates (subject to hydrolysis) is 2. The zero-order valence-corrected chi connectivity index (χ0v) is 34.5. The number of ether oxygens (including phenoxy) is 3. The molecule has 4 amide bonds. The van der Waals surface area contributed by atoms with E-state index in [0.717, 1.165) is 41.4 Å². The summed E-state index contributed by atoms with van der Waals surface area (Å²) in [4.78, 5) is 70.9. The van der Waals surface area contributed by atoms with E-state index in [4.69, 9.17) is 19.2 Å². The second kappa shape index (κ2) is 16.3. The van der Waals surface area contributed by atoms with Crippen molar-refractivity contribution in [2.45, 2.75) is 84.3 Å². The van der Waals surface area contributed by atoms with Crippen molar-refractivity contribution in [3.63, 3.8) is 0 Å². The van der Waals surface area contributed by atoms with Crippen molar-refractivity contribution < 1.29 is 37.8 Å². The Morgan fingerprint density at radius 1 is 0.783 bits per heavy atom. The predicted octanol–water partition coefficient (Wildman–Crippen LogP) is 6.67. The number of hydrogen-bond donors (Lipinski definition) is 4. The third-order valence-corrected chi connectivity index (χ3v) is 11.9. The number of methoxy groups -OCH3 is 2. The molecule has 0 radical (unpaired) electrons. The molecule has 3 aliphatic heterocycles. The van der Waals surface area contributed by atoms with Gasteiger partial charge in [-0.15, -0.1) is 0 Å². The Balaban J connectivity index is 1.01. The van der Waals surface area contributed by atoms with Crippen LogP contribution in [0.25, 0.3) is 44.7 Å². The minimum Gasteiger partial charge on any atom is -0.472 e. The maximum atomic E-state index is 16.3. The Labute approximate surface area is 346 Å². The smallest absolute Gasteiger partial charge is 0.407 e. The highest BCUT2D eigenvalue weighted by Crippen LogP contribution is 2.43. The highest BCUT2D eigenvalue weighted by molar-refractivity contribution is 5.92. The Morgan fingerprint density at radius 3 is 1.87 bits per heavy atom. The van der Waals surface area contributed by atoms with Gasteiger partial charge in [-0.2, -0.15) is 0 Å². The number of fused-ring (bicyclic) bond motifs is 5. The van der Waals surface area contributed by atoms with E-state index in [1.165, 1.54) is 20.3 Å². The average Bonchev–Trinajstić information content (AvgIpc) is 4.09. The molecule has 2 fully saturated rings. The summed E-state index contributed by atoms with van der Waals surface area (Å²) in [5, 5.41) is 6.24. The number of hydrogen-bond acceptors (Lipinski definition) is 9. The molecular weight excluding hydrogens is 774 g/mol. The average molecular weight is 824 g/mol. The van der Waals surface area contributed by atoms with Gasteiger partial charge in [0.25, 0.3) is 0 Å². The molecular formula is C43H50FN9O7. The van der Waals surface area contributed by atoms with E-state index in [2.05, 4.69) is 25.6 Å². The van der Waals surface area contributed by atoms with Crippen LogP contribution in [-0.4, -0.2) is 97.7 Å². The number of likely N-dealkylation sites (tertiary alicyclic amines) is 2. The van der Waals surface area contributed by atoms with E-state index in [9.17, 15) is 19.2 Å². The monoisotopic (exact) mass is 823 g/mol. The van der Waals surface area contributed by atoms with Gasteiger partial charge in [-0.05, 0) is 67.9 Å². The molecule has 6 heterocycles. The number of aromatic nitrogens is 5. The van der Waals surface area contributed by atoms with Gasteiger partial charge in [-0.3, -0.25) is 9.59 Å². The molecule has 2 saturated heterocycles. The molecule has 3 aromatic heterocycles. The van der Waals surface area contributed by atoms with Crippen molar-refractivity contribution in [2.75, 3.05) is 27.3 Å². The van der Waals surface area contributed by atoms with Crippen LogP contribution in [0.1, 0.15) is 77.1 Å². The second-order valence-corrected chi connectivity index (χ2v) is 16.3. The van der Waals surface area contributed by atoms with E-state index in [0.29, 0.717) is 59.4 Å². The van der Waals surface area contributed by atoms with Crippen molar-refractivity contribution in [3.8, 4) is 39.5 Å². The van der Waals surface area contributed by atoms with Gasteiger partial charge in [0.2, 0.25) is 11.8 Å². The van der Waals surface area contributed by atoms with Crippen LogP contribution in [0.3, 0.4) is 0 Å². The highest BCUT2D eigenvalue weighted by Gasteiger charge is 2.39. The summed E-state index contributed by atoms with van der Waals surface area (Å²) >= 11 is 0. The number of carbonyl (C=O) groups is 4. The Kier molecular flexibility index (Phi) is 11.0. The molecule has 0 saturated carbocycles. The highest BCUT2D eigenvalue weighted by atomic mass is 19.1. The zero-order chi connectivity index (χ0) is 42.4. The molecule has 316 valence electrons. The molecule has 5 aromatic rings. The van der Waals surface area contributed by atoms with Crippen LogP contribution in [0.4, 0.5) is 14.0 Å². The minimum atomic E-state index is -0.755. The molecule has 4 atom stereocenters. The molecule has 3 aliphatic rings. The molecule has 16 nitrogen and oxygen atoms in total. The number of amides is 4. The first kappa shape index (κ1) is 40.4. The van der Waals surface area contributed by atoms with Crippen LogP contribution < -0.4 is 15.4 Å². The number of halogens is 1. The molecule has 0 spiro atoms. The van der Waals surface area contributed by atoms with Crippen molar-refractivity contribution in [2.24, 2.45) is 11.8 Å². The fraction of sp³-hybridized carbons (Fsp3) is 0.442. The van der Waals surface area contributed by atoms with E-state index in [1.54, 1.807) is 28.3 Å². The van der Waals surface area contributed by atoms with Gasteiger partial charge in [0.15, 0.2) is 6.73 Å². The predicted molar refractivity (Wildman–Crippen MR) is 219 cm³/mol. The molecule has 4 N–H and O–H groups in total. The van der Waals surface area contributed by atoms with E-state index < -0.39 is 30.1 Å². The number of benzene rings is 2. The minimum absolute atomic E-state index is 0.140. The van der Waals surface area contributed by atoms with Gasteiger partial charge >= 0.3 is 12.2 Å². The first-order valence-electron chi connectivity index (χ1n) is 20.4. The summed E-state index contributed by atoms with van der Waals surface area (Å²) in [5.74, 6) is 0.505. The number of nitrogens with zero attached hydrogens (tertiary/aromatic N) is 5. The fourth-order valence-corrected chi connectivity index (χ4v) is 8.71. The number of aromatic amines is 2. The summed E-state index contributed by atoms with van der Waals surface area (Å²) in [5.41, 5.74) is 4.70. The molecule has 8 rings (SSSR count). The van der Waals surface area contributed by atoms with E-state index in [1.807, 2.05) is 56.5 Å². The number of H-pyrrole nitrogens is 2. The summed E-state index contributed by atoms with van der Waals surface area (Å²) in [6.45, 7) is 8.75. The first-order valence-corrected chi connectivity index (χ1v) is 20.4. The summed E-state index contributed by atoms with van der Waals surface area (Å²) in [6.07, 6.45) is 5.08. The normalized spacial score (nSPS) is 18.3. The summed E-state index contributed by atoms with van der Waals surface area (Å²) in [6, 6.07) is 9.10. The van der Waals surface area contributed by atoms with Crippen LogP contribution in [-0.2, 0) is 25.8 Å². The van der Waals surface area contributed by atoms with E-state index >= 15 is 4.39 Å². The lowest BCUT2D eigenvalue weighted by Gasteiger charge is -2.30. The molecule has 0 bridgehead atoms. The van der Waals surface area contributed by atoms with Crippen LogP contribution in [0.2, 0.25) is 0 Å². The Bertz CT molecular complexity index is 2450. The topological polar surface area (TPSA) is 189 Å². The van der Waals surface area contributed by atoms with Gasteiger partial charge in [0.1, 0.15) is 35.3 Å². The molecule has 2 aromatic carbocycles. The van der Waals surface area contributed by atoms with Crippen LogP contribution >= 0.6 is 0 Å². The first-order chi connectivity index (χ1) is 28.9. The quantitative estimate of drug-likeness (QED) is 0.119. The lowest BCUT2D eigenvalue weighted by atomic mass is 10.0. The van der Waals surface area contributed by atoms with Gasteiger partial charge in [-0.25, -0.2) is 23.9 Å². The third-order valence-electron chi connectivity index (χ3n) is 11.9. The van der Waals surface area contributed by atoms with Gasteiger partial charge in [-0.1, -0.05) is 33.8 Å². The Hall–Kier alpha value is -6.39. The maximum absolute atomic E-state index is 16.3. The Morgan fingerprint density at radius 2 is 1.33 bits per heavy atom. The van der Waals surface area contributed by atoms with Gasteiger partial charge < -0.3 is 49.2 Å². The van der Waals surface area contributed by atoms with Crippen molar-refractivity contribution in [1.29, 1.82) is 0 Å². The second-order valence-electron chi connectivity index (χ2n) is 16.3. The largest absolute Gasteiger partial charge is 0.472 e. The van der Waals surface area contributed by atoms with Crippen molar-refractivity contribution >= 4 is 34.9 Å². The number of rotatable bonds is 10. The standard InChI is InChI=1S/C43H50FN9O7/c1-22(2)36(49-42(56)58-5)40(54)51-13-7-9-31(51)38-45-19-28(47-38)24-11-12-30-26(15-24)17-33-35-27(44)16-25(18-34(35)60-21-53(30)33)29-20-46-39(48-29)32-10-8-14-52(32)41(55)37(23(3)4)50-43(57)59-6/h11-12,15-20,22-23,31-32,36-37H,7-10,13-14,21H2,1-6H3,(H,45,47)(H,46,48)(H,49,56)(H,50,57)/t31-,32-,36-,37-/m0/s1. The van der Waals surface area contributed by atoms with Crippen LogP contribution in [0.15, 0.2) is 48.8 Å². The molecule has 60 heavy (non-hydrogen) atoms. The zero-order valence-electron chi connectivity index (χ0n) is 34.5. The lowest BCUT2D eigenvalue weighted by molar-refractivity contribution is -0.136. The molecule has 0 unspecified atom stereocenters. The number of carbonyl (C=O) groups excluding carboxylic acids is 4. The van der Waals surface area contributed by atoms with Crippen LogP contribution in [0.5, 0.6) is 5.75 Å². The molecule has 0 aliphatic carbocycles. The maximum Gasteiger partial charge on any atom is 0.407 e.